The molecule has 2 aromatic heterocycles. The molecule has 4 heterocycles. The second-order valence-corrected chi connectivity index (χ2v) is 12.8. The van der Waals surface area contributed by atoms with Crippen molar-refractivity contribution in [2.45, 2.75) is 57.2 Å². The monoisotopic (exact) mass is 586 g/mol. The molecule has 1 N–H and O–H groups in total. The lowest BCUT2D eigenvalue weighted by atomic mass is 9.67. The van der Waals surface area contributed by atoms with Gasteiger partial charge in [-0.2, -0.15) is 0 Å². The summed E-state index contributed by atoms with van der Waals surface area (Å²) in [4.78, 5) is 33.6. The first-order valence-electron chi connectivity index (χ1n) is 14.4. The van der Waals surface area contributed by atoms with Gasteiger partial charge in [-0.05, 0) is 53.9 Å². The number of rotatable bonds is 1. The Morgan fingerprint density at radius 2 is 1.79 bits per heavy atom. The number of hydrogen-bond donors (Lipinski definition) is 1. The minimum atomic E-state index is -0.974. The first-order valence-corrected chi connectivity index (χ1v) is 15.3. The van der Waals surface area contributed by atoms with Crippen molar-refractivity contribution in [1.29, 1.82) is 0 Å². The van der Waals surface area contributed by atoms with E-state index in [2.05, 4.69) is 4.98 Å². The number of pyridine rings is 1. The first-order chi connectivity index (χ1) is 20.4. The molecule has 4 aliphatic rings. The molecule has 10 heteroatoms. The predicted octanol–water partition coefficient (Wildman–Crippen LogP) is 6.19. The van der Waals surface area contributed by atoms with E-state index in [4.69, 9.17) is 0 Å². The average molecular weight is 587 g/mol. The fourth-order valence-electron chi connectivity index (χ4n) is 7.86. The molecule has 2 aromatic carbocycles. The van der Waals surface area contributed by atoms with Crippen LogP contribution in [0.4, 0.5) is 8.78 Å². The van der Waals surface area contributed by atoms with Gasteiger partial charge in [0.05, 0.1) is 22.1 Å². The number of thiazole rings is 1. The van der Waals surface area contributed by atoms with Gasteiger partial charge in [-0.1, -0.05) is 49.6 Å². The van der Waals surface area contributed by atoms with Gasteiger partial charge in [0.25, 0.3) is 5.91 Å². The van der Waals surface area contributed by atoms with Gasteiger partial charge in [0.2, 0.25) is 5.43 Å². The van der Waals surface area contributed by atoms with Crippen LogP contribution in [-0.2, 0) is 0 Å². The minimum Gasteiger partial charge on any atom is -0.502 e. The summed E-state index contributed by atoms with van der Waals surface area (Å²) < 4.78 is 32.4. The van der Waals surface area contributed by atoms with Gasteiger partial charge >= 0.3 is 0 Å². The SMILES string of the molecule is O=C1c2c(O)c(=O)ccn2N(C2c3ccccc3-c3scnc3-c3c2ccc(F)c3F)C2CC3(CCCCC3)CCN12. The second-order valence-electron chi connectivity index (χ2n) is 11.9. The summed E-state index contributed by atoms with van der Waals surface area (Å²) >= 11 is 1.37. The molecule has 2 unspecified atom stereocenters. The van der Waals surface area contributed by atoms with Crippen LogP contribution in [0.1, 0.15) is 72.6 Å². The summed E-state index contributed by atoms with van der Waals surface area (Å²) in [6, 6.07) is 11.1. The maximum absolute atomic E-state index is 15.9. The number of carbonyl (C=O) groups excluding carboxylic acids is 1. The quantitative estimate of drug-likeness (QED) is 0.288. The van der Waals surface area contributed by atoms with Gasteiger partial charge in [0.15, 0.2) is 23.1 Å². The molecule has 4 aromatic rings. The predicted molar refractivity (Wildman–Crippen MR) is 155 cm³/mol. The molecular formula is C32H28F2N4O3S. The fraction of sp³-hybridized carbons (Fsp3) is 0.344. The minimum absolute atomic E-state index is 0.0534. The van der Waals surface area contributed by atoms with Crippen molar-refractivity contribution in [3.63, 3.8) is 0 Å². The van der Waals surface area contributed by atoms with Crippen molar-refractivity contribution in [3.8, 4) is 27.4 Å². The van der Waals surface area contributed by atoms with Crippen LogP contribution in [0.2, 0.25) is 0 Å². The van der Waals surface area contributed by atoms with Gasteiger partial charge in [-0.15, -0.1) is 11.3 Å². The van der Waals surface area contributed by atoms with Crippen molar-refractivity contribution in [1.82, 2.24) is 14.6 Å². The Morgan fingerprint density at radius 3 is 2.62 bits per heavy atom. The number of carbonyl (C=O) groups is 1. The van der Waals surface area contributed by atoms with Gasteiger partial charge in [-0.25, -0.2) is 13.8 Å². The topological polar surface area (TPSA) is 78.7 Å². The number of hydrogen-bond acceptors (Lipinski definition) is 6. The molecule has 214 valence electrons. The Kier molecular flexibility index (Phi) is 5.63. The summed E-state index contributed by atoms with van der Waals surface area (Å²) in [6.45, 7) is 0.483. The van der Waals surface area contributed by atoms with E-state index in [1.54, 1.807) is 21.2 Å². The van der Waals surface area contributed by atoms with Gasteiger partial charge < -0.3 is 10.0 Å². The Bertz CT molecular complexity index is 1830. The zero-order valence-corrected chi connectivity index (χ0v) is 23.5. The van der Waals surface area contributed by atoms with Crippen LogP contribution in [0.3, 0.4) is 0 Å². The third-order valence-corrected chi connectivity index (χ3v) is 10.7. The van der Waals surface area contributed by atoms with Crippen LogP contribution in [0.15, 0.2) is 59.0 Å². The molecule has 1 spiro atoms. The van der Waals surface area contributed by atoms with E-state index in [1.807, 2.05) is 29.3 Å². The number of nitrogens with zero attached hydrogens (tertiary/aromatic N) is 4. The number of piperidine rings is 1. The highest BCUT2D eigenvalue weighted by molar-refractivity contribution is 7.13. The molecule has 0 radical (unpaired) electrons. The number of benzene rings is 2. The molecule has 2 fully saturated rings. The van der Waals surface area contributed by atoms with E-state index < -0.39 is 40.9 Å². The van der Waals surface area contributed by atoms with Crippen molar-refractivity contribution in [2.24, 2.45) is 5.41 Å². The normalized spacial score (nSPS) is 22.1. The van der Waals surface area contributed by atoms with Crippen LogP contribution in [0.25, 0.3) is 21.7 Å². The molecular weight excluding hydrogens is 558 g/mol. The largest absolute Gasteiger partial charge is 0.502 e. The van der Waals surface area contributed by atoms with E-state index in [0.717, 1.165) is 54.2 Å². The van der Waals surface area contributed by atoms with Gasteiger partial charge in [-0.3, -0.25) is 19.3 Å². The lowest BCUT2D eigenvalue weighted by Gasteiger charge is -2.56. The van der Waals surface area contributed by atoms with Crippen molar-refractivity contribution >= 4 is 17.2 Å². The van der Waals surface area contributed by atoms with Crippen LogP contribution in [0, 0.1) is 17.0 Å². The Balaban J connectivity index is 1.44. The molecule has 42 heavy (non-hydrogen) atoms. The highest BCUT2D eigenvalue weighted by atomic mass is 32.1. The molecule has 1 saturated carbocycles. The fourth-order valence-corrected chi connectivity index (χ4v) is 8.71. The zero-order valence-electron chi connectivity index (χ0n) is 22.7. The van der Waals surface area contributed by atoms with E-state index in [1.165, 1.54) is 30.0 Å². The molecule has 2 aliphatic carbocycles. The number of aromatic hydroxyl groups is 1. The molecule has 7 nitrogen and oxygen atoms in total. The molecule has 2 aliphatic heterocycles. The van der Waals surface area contributed by atoms with Crippen molar-refractivity contribution in [2.75, 3.05) is 11.6 Å². The van der Waals surface area contributed by atoms with E-state index in [9.17, 15) is 19.1 Å². The first kappa shape index (κ1) is 25.6. The summed E-state index contributed by atoms with van der Waals surface area (Å²) in [5.41, 5.74) is 3.60. The van der Waals surface area contributed by atoms with E-state index in [0.29, 0.717) is 24.2 Å². The standard InChI is InChI=1S/C32H28F2N4O3S/c33-21-9-8-20-24(25(21)34)26-30(42-17-35-26)19-7-3-2-6-18(19)27(20)38-23-16-32(11-4-1-5-12-32)13-15-36(23)31(41)28-29(40)22(39)10-14-37(28)38/h2-3,6-10,14,17,23,27,40H,1,4-5,11-13,15-16H2. The maximum Gasteiger partial charge on any atom is 0.278 e. The van der Waals surface area contributed by atoms with E-state index >= 15 is 4.39 Å². The lowest BCUT2D eigenvalue weighted by Crippen LogP contribution is -2.66. The number of fused-ring (bicyclic) bond motifs is 7. The molecule has 2 atom stereocenters. The van der Waals surface area contributed by atoms with Crippen LogP contribution < -0.4 is 10.4 Å². The Morgan fingerprint density at radius 1 is 0.976 bits per heavy atom. The Labute approximate surface area is 244 Å². The second kappa shape index (κ2) is 9.22. The summed E-state index contributed by atoms with van der Waals surface area (Å²) in [5.74, 6) is -2.95. The maximum atomic E-state index is 15.9. The number of halogens is 2. The third kappa shape index (κ3) is 3.50. The third-order valence-electron chi connectivity index (χ3n) is 9.83. The van der Waals surface area contributed by atoms with Crippen LogP contribution in [0.5, 0.6) is 5.75 Å². The van der Waals surface area contributed by atoms with Crippen molar-refractivity contribution < 1.29 is 18.7 Å². The number of aromatic nitrogens is 2. The highest BCUT2D eigenvalue weighted by Crippen LogP contribution is 2.53. The van der Waals surface area contributed by atoms with Crippen LogP contribution in [-0.4, -0.2) is 38.3 Å². The molecule has 8 rings (SSSR count). The highest BCUT2D eigenvalue weighted by Gasteiger charge is 2.51. The lowest BCUT2D eigenvalue weighted by molar-refractivity contribution is 0.00219. The van der Waals surface area contributed by atoms with E-state index in [-0.39, 0.29) is 16.7 Å². The smallest absolute Gasteiger partial charge is 0.278 e. The Hall–Kier alpha value is -4.05. The summed E-state index contributed by atoms with van der Waals surface area (Å²) in [7, 11) is 0. The van der Waals surface area contributed by atoms with Gasteiger partial charge in [0.1, 0.15) is 6.17 Å². The molecule has 0 bridgehead atoms. The molecule has 1 amide bonds. The number of amides is 1. The van der Waals surface area contributed by atoms with Crippen LogP contribution >= 0.6 is 11.3 Å². The zero-order chi connectivity index (χ0) is 28.7. The summed E-state index contributed by atoms with van der Waals surface area (Å²) in [6.07, 6.45) is 8.23. The molecule has 1 saturated heterocycles. The summed E-state index contributed by atoms with van der Waals surface area (Å²) in [5, 5.41) is 13.0. The van der Waals surface area contributed by atoms with Gasteiger partial charge in [0, 0.05) is 24.4 Å². The average Bonchev–Trinajstić information content (AvgIpc) is 3.44. The van der Waals surface area contributed by atoms with Crippen molar-refractivity contribution in [3.05, 3.63) is 92.9 Å².